The number of amides is 1. The van der Waals surface area contributed by atoms with Crippen molar-refractivity contribution in [1.29, 1.82) is 0 Å². The lowest BCUT2D eigenvalue weighted by atomic mass is 9.76. The van der Waals surface area contributed by atoms with Crippen molar-refractivity contribution in [3.8, 4) is 0 Å². The molecular weight excluding hydrogens is 407 g/mol. The third-order valence-electron chi connectivity index (χ3n) is 6.55. The predicted octanol–water partition coefficient (Wildman–Crippen LogP) is 3.20. The molecule has 2 aliphatic rings. The van der Waals surface area contributed by atoms with Crippen LogP contribution in [0.4, 0.5) is 10.1 Å². The first kappa shape index (κ1) is 21.8. The molecule has 0 aliphatic carbocycles. The van der Waals surface area contributed by atoms with Gasteiger partial charge in [0.1, 0.15) is 5.82 Å². The van der Waals surface area contributed by atoms with Gasteiger partial charge in [-0.15, -0.1) is 0 Å². The lowest BCUT2D eigenvalue weighted by Crippen LogP contribution is -2.51. The van der Waals surface area contributed by atoms with Gasteiger partial charge in [0.25, 0.3) is 0 Å². The molecule has 0 spiro atoms. The Morgan fingerprint density at radius 2 is 2.03 bits per heavy atom. The average molecular weight is 439 g/mol. The van der Waals surface area contributed by atoms with E-state index in [1.54, 1.807) is 12.1 Å². The van der Waals surface area contributed by atoms with Crippen molar-refractivity contribution in [1.82, 2.24) is 5.32 Å². The number of hydrogen-bond donors (Lipinski definition) is 1. The molecule has 0 aromatic heterocycles. The molecule has 0 radical (unpaired) electrons. The van der Waals surface area contributed by atoms with Gasteiger partial charge in [0.05, 0.1) is 13.0 Å². The number of carbonyl (C=O) groups is 1. The van der Waals surface area contributed by atoms with E-state index >= 15 is 0 Å². The second-order valence-corrected chi connectivity index (χ2v) is 9.94. The molecule has 0 saturated carbocycles. The highest BCUT2D eigenvalue weighted by Gasteiger charge is 2.59. The minimum absolute atomic E-state index is 0.0774. The van der Waals surface area contributed by atoms with Crippen molar-refractivity contribution >= 4 is 27.9 Å². The van der Waals surface area contributed by atoms with Crippen molar-refractivity contribution in [2.45, 2.75) is 43.9 Å². The first-order chi connectivity index (χ1) is 14.9. The molecule has 2 aliphatic heterocycles. The molecule has 1 fully saturated rings. The van der Waals surface area contributed by atoms with E-state index < -0.39 is 5.72 Å². The van der Waals surface area contributed by atoms with Crippen molar-refractivity contribution in [3.63, 3.8) is 0 Å². The Morgan fingerprint density at radius 3 is 2.77 bits per heavy atom. The Labute approximate surface area is 186 Å². The predicted molar refractivity (Wildman–Crippen MR) is 127 cm³/mol. The maximum absolute atomic E-state index is 13.3. The highest BCUT2D eigenvalue weighted by atomic mass is 28.1. The largest absolute Gasteiger partial charge is 0.356 e. The molecule has 31 heavy (non-hydrogen) atoms. The fourth-order valence-corrected chi connectivity index (χ4v) is 5.11. The Bertz CT molecular complexity index is 990. The Balaban J connectivity index is 1.61. The van der Waals surface area contributed by atoms with E-state index in [4.69, 9.17) is 4.74 Å². The van der Waals surface area contributed by atoms with Gasteiger partial charge in [-0.3, -0.25) is 4.79 Å². The number of fused-ring (bicyclic) bond motifs is 3. The number of carbonyl (C=O) groups excluding carboxylic acids is 1. The third kappa shape index (κ3) is 3.94. The van der Waals surface area contributed by atoms with Crippen LogP contribution >= 0.6 is 0 Å². The molecular formula is C25H31FN2O2Si. The zero-order valence-corrected chi connectivity index (χ0v) is 20.6. The summed E-state index contributed by atoms with van der Waals surface area (Å²) in [6.07, 6.45) is 5.57. The SMILES string of the molecule is CC1(C)c2cc(CC(=O)NCCC[SiH3])ccc2N2CCOC21C=Cc1ccc(F)cc1. The molecule has 4 nitrogen and oxygen atoms in total. The second kappa shape index (κ2) is 8.59. The summed E-state index contributed by atoms with van der Waals surface area (Å²) in [7, 11) is 1.18. The zero-order valence-electron chi connectivity index (χ0n) is 18.6. The fraction of sp³-hybridized carbons (Fsp3) is 0.400. The number of benzene rings is 2. The van der Waals surface area contributed by atoms with Gasteiger partial charge in [-0.05, 0) is 47.4 Å². The van der Waals surface area contributed by atoms with Gasteiger partial charge in [-0.2, -0.15) is 0 Å². The van der Waals surface area contributed by atoms with Crippen LogP contribution in [0.3, 0.4) is 0 Å². The smallest absolute Gasteiger partial charge is 0.224 e. The lowest BCUT2D eigenvalue weighted by molar-refractivity contribution is -0.120. The van der Waals surface area contributed by atoms with Crippen molar-refractivity contribution in [2.75, 3.05) is 24.6 Å². The maximum atomic E-state index is 13.3. The summed E-state index contributed by atoms with van der Waals surface area (Å²) in [5.74, 6) is -0.163. The van der Waals surface area contributed by atoms with E-state index in [1.807, 2.05) is 6.08 Å². The van der Waals surface area contributed by atoms with Crippen LogP contribution in [0.5, 0.6) is 0 Å². The van der Waals surface area contributed by atoms with E-state index in [0.717, 1.165) is 36.3 Å². The molecule has 1 saturated heterocycles. The minimum atomic E-state index is -0.602. The van der Waals surface area contributed by atoms with Crippen LogP contribution in [0.25, 0.3) is 6.08 Å². The van der Waals surface area contributed by atoms with Crippen LogP contribution in [0.1, 0.15) is 37.0 Å². The van der Waals surface area contributed by atoms with Crippen LogP contribution < -0.4 is 10.2 Å². The number of nitrogens with zero attached hydrogens (tertiary/aromatic N) is 1. The molecule has 0 bridgehead atoms. The van der Waals surface area contributed by atoms with Crippen LogP contribution in [0, 0.1) is 5.82 Å². The van der Waals surface area contributed by atoms with Gasteiger partial charge in [0.2, 0.25) is 5.91 Å². The number of rotatable bonds is 7. The molecule has 1 amide bonds. The first-order valence-electron chi connectivity index (χ1n) is 11.1. The molecule has 1 unspecified atom stereocenters. The van der Waals surface area contributed by atoms with E-state index in [-0.39, 0.29) is 17.1 Å². The van der Waals surface area contributed by atoms with E-state index in [9.17, 15) is 9.18 Å². The zero-order chi connectivity index (χ0) is 22.1. The second-order valence-electron chi connectivity index (χ2n) is 8.94. The number of hydrogen-bond acceptors (Lipinski definition) is 3. The molecule has 2 aromatic rings. The highest BCUT2D eigenvalue weighted by Crippen LogP contribution is 2.55. The molecule has 6 heteroatoms. The van der Waals surface area contributed by atoms with Crippen molar-refractivity contribution in [3.05, 3.63) is 71.0 Å². The molecule has 1 N–H and O–H groups in total. The summed E-state index contributed by atoms with van der Waals surface area (Å²) in [4.78, 5) is 14.6. The van der Waals surface area contributed by atoms with Gasteiger partial charge >= 0.3 is 0 Å². The average Bonchev–Trinajstić information content (AvgIpc) is 3.25. The Morgan fingerprint density at radius 1 is 1.26 bits per heavy atom. The summed E-state index contributed by atoms with van der Waals surface area (Å²) in [5.41, 5.74) is 3.40. The van der Waals surface area contributed by atoms with E-state index in [0.29, 0.717) is 13.0 Å². The van der Waals surface area contributed by atoms with Gasteiger partial charge in [-0.25, -0.2) is 4.39 Å². The number of anilines is 1. The monoisotopic (exact) mass is 438 g/mol. The standard InChI is InChI=1S/C25H31FN2O2Si/c1-24(2)21-16-19(17-23(29)27-12-3-15-31)6-9-22(21)28-13-14-30-25(24,28)11-10-18-4-7-20(26)8-5-18/h4-11,16H,3,12-15,17H2,1-2,31H3,(H,27,29). The quantitative estimate of drug-likeness (QED) is 0.533. The normalized spacial score (nSPS) is 21.5. The Hall–Kier alpha value is -2.44. The van der Waals surface area contributed by atoms with E-state index in [1.165, 1.54) is 34.0 Å². The van der Waals surface area contributed by atoms with Gasteiger partial charge < -0.3 is 15.0 Å². The van der Waals surface area contributed by atoms with Crippen molar-refractivity contribution in [2.24, 2.45) is 0 Å². The highest BCUT2D eigenvalue weighted by molar-refractivity contribution is 6.08. The molecule has 2 heterocycles. The summed E-state index contributed by atoms with van der Waals surface area (Å²) in [6.45, 7) is 6.62. The van der Waals surface area contributed by atoms with Crippen LogP contribution in [-0.2, 0) is 21.4 Å². The Kier molecular flexibility index (Phi) is 6.04. The van der Waals surface area contributed by atoms with E-state index in [2.05, 4.69) is 48.3 Å². The topological polar surface area (TPSA) is 41.6 Å². The summed E-state index contributed by atoms with van der Waals surface area (Å²) in [5, 5.41) is 3.02. The summed E-state index contributed by atoms with van der Waals surface area (Å²) >= 11 is 0. The van der Waals surface area contributed by atoms with Gasteiger partial charge in [0, 0.05) is 34.4 Å². The first-order valence-corrected chi connectivity index (χ1v) is 12.6. The van der Waals surface area contributed by atoms with Crippen LogP contribution in [0.2, 0.25) is 6.04 Å². The molecule has 164 valence electrons. The lowest BCUT2D eigenvalue weighted by Gasteiger charge is -2.39. The maximum Gasteiger partial charge on any atom is 0.224 e. The molecule has 2 aromatic carbocycles. The van der Waals surface area contributed by atoms with Crippen LogP contribution in [0.15, 0.2) is 48.5 Å². The van der Waals surface area contributed by atoms with Crippen LogP contribution in [-0.4, -0.2) is 41.6 Å². The number of nitrogens with one attached hydrogen (secondary N) is 1. The van der Waals surface area contributed by atoms with Gasteiger partial charge in [-0.1, -0.05) is 50.2 Å². The fourth-order valence-electron chi connectivity index (χ4n) is 4.76. The van der Waals surface area contributed by atoms with Crippen molar-refractivity contribution < 1.29 is 13.9 Å². The van der Waals surface area contributed by atoms with Gasteiger partial charge in [0.15, 0.2) is 5.72 Å². The molecule has 4 rings (SSSR count). The number of ether oxygens (including phenoxy) is 1. The third-order valence-corrected chi connectivity index (χ3v) is 7.25. The summed E-state index contributed by atoms with van der Waals surface area (Å²) in [6, 6.07) is 14.0. The number of halogens is 1. The minimum Gasteiger partial charge on any atom is -0.356 e. The molecule has 1 atom stereocenters. The summed E-state index contributed by atoms with van der Waals surface area (Å²) < 4.78 is 19.7.